The zero-order valence-electron chi connectivity index (χ0n) is 18.7. The van der Waals surface area contributed by atoms with E-state index >= 15 is 0 Å². The van der Waals surface area contributed by atoms with Gasteiger partial charge in [-0.3, -0.25) is 0 Å². The monoisotopic (exact) mass is 398 g/mol. The van der Waals surface area contributed by atoms with E-state index in [0.717, 1.165) is 33.9 Å². The SMILES string of the molecule is Cc1nc(/C=C/c2ccc(N(C)C)cc2)c(C)nc1/C=C/c1ccc(N(C)C)cc1. The number of anilines is 2. The van der Waals surface area contributed by atoms with Crippen LogP contribution < -0.4 is 9.80 Å². The van der Waals surface area contributed by atoms with Crippen molar-refractivity contribution in [3.05, 3.63) is 82.4 Å². The molecule has 0 aliphatic rings. The van der Waals surface area contributed by atoms with E-state index in [4.69, 9.17) is 9.97 Å². The fourth-order valence-corrected chi connectivity index (χ4v) is 3.07. The smallest absolute Gasteiger partial charge is 0.0846 e. The molecule has 4 heteroatoms. The zero-order valence-corrected chi connectivity index (χ0v) is 18.7. The van der Waals surface area contributed by atoms with Crippen LogP contribution in [0.1, 0.15) is 33.9 Å². The van der Waals surface area contributed by atoms with Gasteiger partial charge in [-0.15, -0.1) is 0 Å². The lowest BCUT2D eigenvalue weighted by Crippen LogP contribution is -2.07. The maximum Gasteiger partial charge on any atom is 0.0846 e. The summed E-state index contributed by atoms with van der Waals surface area (Å²) in [6.07, 6.45) is 8.23. The number of hydrogen-bond acceptors (Lipinski definition) is 4. The molecule has 0 atom stereocenters. The third kappa shape index (κ3) is 5.35. The summed E-state index contributed by atoms with van der Waals surface area (Å²) in [4.78, 5) is 13.7. The molecule has 1 heterocycles. The highest BCUT2D eigenvalue weighted by Crippen LogP contribution is 2.18. The van der Waals surface area contributed by atoms with Gasteiger partial charge in [-0.25, -0.2) is 9.97 Å². The molecule has 0 spiro atoms. The van der Waals surface area contributed by atoms with Crippen molar-refractivity contribution in [2.24, 2.45) is 0 Å². The molecule has 0 N–H and O–H groups in total. The Labute approximate surface area is 180 Å². The third-order valence-corrected chi connectivity index (χ3v) is 5.00. The molecule has 2 aromatic carbocycles. The van der Waals surface area contributed by atoms with Gasteiger partial charge in [0.15, 0.2) is 0 Å². The second kappa shape index (κ2) is 9.40. The summed E-state index contributed by atoms with van der Waals surface area (Å²) >= 11 is 0. The topological polar surface area (TPSA) is 32.3 Å². The molecule has 0 unspecified atom stereocenters. The fraction of sp³-hybridized carbons (Fsp3) is 0.231. The maximum atomic E-state index is 4.77. The number of aryl methyl sites for hydroxylation is 2. The average Bonchev–Trinajstić information content (AvgIpc) is 2.73. The van der Waals surface area contributed by atoms with Crippen LogP contribution in [0.3, 0.4) is 0 Å². The standard InChI is InChI=1S/C26H30N4/c1-19-25(17-11-21-7-13-23(14-8-21)29(3)4)28-20(2)26(27-19)18-12-22-9-15-24(16-10-22)30(5)6/h7-18H,1-6H3/b17-11+,18-12+. The average molecular weight is 399 g/mol. The van der Waals surface area contributed by atoms with Gasteiger partial charge in [0.1, 0.15) is 0 Å². The summed E-state index contributed by atoms with van der Waals surface area (Å²) in [6, 6.07) is 16.9. The molecular weight excluding hydrogens is 368 g/mol. The molecule has 3 rings (SSSR count). The van der Waals surface area contributed by atoms with E-state index in [1.165, 1.54) is 11.4 Å². The molecule has 0 bridgehead atoms. The van der Waals surface area contributed by atoms with E-state index < -0.39 is 0 Å². The first-order valence-electron chi connectivity index (χ1n) is 10.1. The van der Waals surface area contributed by atoms with Crippen LogP contribution in [0.25, 0.3) is 24.3 Å². The van der Waals surface area contributed by atoms with Crippen molar-refractivity contribution in [3.8, 4) is 0 Å². The van der Waals surface area contributed by atoms with Gasteiger partial charge >= 0.3 is 0 Å². The van der Waals surface area contributed by atoms with Gasteiger partial charge in [0.25, 0.3) is 0 Å². The highest BCUT2D eigenvalue weighted by molar-refractivity contribution is 5.72. The summed E-state index contributed by atoms with van der Waals surface area (Å²) in [7, 11) is 8.17. The lowest BCUT2D eigenvalue weighted by atomic mass is 10.1. The van der Waals surface area contributed by atoms with Crippen molar-refractivity contribution in [2.75, 3.05) is 38.0 Å². The Balaban J connectivity index is 1.76. The van der Waals surface area contributed by atoms with Crippen LogP contribution >= 0.6 is 0 Å². The Morgan fingerprint density at radius 3 is 1.17 bits per heavy atom. The Morgan fingerprint density at radius 2 is 0.867 bits per heavy atom. The van der Waals surface area contributed by atoms with Gasteiger partial charge in [-0.05, 0) is 61.4 Å². The van der Waals surface area contributed by atoms with E-state index in [0.29, 0.717) is 0 Å². The summed E-state index contributed by atoms with van der Waals surface area (Å²) in [5, 5.41) is 0. The Morgan fingerprint density at radius 1 is 0.533 bits per heavy atom. The molecule has 154 valence electrons. The molecule has 1 aromatic heterocycles. The minimum absolute atomic E-state index is 0.900. The molecule has 0 amide bonds. The molecule has 0 aliphatic carbocycles. The predicted octanol–water partition coefficient (Wildman–Crippen LogP) is 5.57. The van der Waals surface area contributed by atoms with Crippen LogP contribution in [0.15, 0.2) is 48.5 Å². The number of hydrogen-bond donors (Lipinski definition) is 0. The number of nitrogens with zero attached hydrogens (tertiary/aromatic N) is 4. The Bertz CT molecular complexity index is 956. The van der Waals surface area contributed by atoms with Crippen molar-refractivity contribution in [1.29, 1.82) is 0 Å². The first kappa shape index (κ1) is 21.3. The molecule has 30 heavy (non-hydrogen) atoms. The summed E-state index contributed by atoms with van der Waals surface area (Å²) in [6.45, 7) is 4.01. The quantitative estimate of drug-likeness (QED) is 0.544. The molecule has 0 fully saturated rings. The first-order valence-corrected chi connectivity index (χ1v) is 10.1. The molecule has 3 aromatic rings. The summed E-state index contributed by atoms with van der Waals surface area (Å²) in [5.74, 6) is 0. The van der Waals surface area contributed by atoms with Crippen LogP contribution in [-0.2, 0) is 0 Å². The Hall–Kier alpha value is -3.40. The summed E-state index contributed by atoms with van der Waals surface area (Å²) < 4.78 is 0. The van der Waals surface area contributed by atoms with Gasteiger partial charge in [0.05, 0.1) is 22.8 Å². The van der Waals surface area contributed by atoms with E-state index in [-0.39, 0.29) is 0 Å². The van der Waals surface area contributed by atoms with E-state index in [1.54, 1.807) is 0 Å². The lowest BCUT2D eigenvalue weighted by molar-refractivity contribution is 1.03. The van der Waals surface area contributed by atoms with E-state index in [2.05, 4.69) is 70.5 Å². The van der Waals surface area contributed by atoms with Gasteiger partial charge in [-0.1, -0.05) is 36.4 Å². The first-order chi connectivity index (χ1) is 14.3. The minimum atomic E-state index is 0.900. The van der Waals surface area contributed by atoms with Gasteiger partial charge in [0, 0.05) is 39.6 Å². The highest BCUT2D eigenvalue weighted by atomic mass is 15.1. The maximum absolute atomic E-state index is 4.77. The van der Waals surface area contributed by atoms with Crippen LogP contribution in [0.2, 0.25) is 0 Å². The van der Waals surface area contributed by atoms with Crippen molar-refractivity contribution in [2.45, 2.75) is 13.8 Å². The minimum Gasteiger partial charge on any atom is -0.378 e. The molecular formula is C26H30N4. The molecule has 0 aliphatic heterocycles. The van der Waals surface area contributed by atoms with E-state index in [9.17, 15) is 0 Å². The molecule has 0 saturated heterocycles. The van der Waals surface area contributed by atoms with E-state index in [1.807, 2.05) is 54.2 Å². The number of benzene rings is 2. The second-order valence-corrected chi connectivity index (χ2v) is 7.80. The summed E-state index contributed by atoms with van der Waals surface area (Å²) in [5.41, 5.74) is 8.30. The second-order valence-electron chi connectivity index (χ2n) is 7.80. The highest BCUT2D eigenvalue weighted by Gasteiger charge is 2.04. The number of aromatic nitrogens is 2. The van der Waals surface area contributed by atoms with Gasteiger partial charge in [-0.2, -0.15) is 0 Å². The third-order valence-electron chi connectivity index (χ3n) is 5.00. The van der Waals surface area contributed by atoms with Crippen molar-refractivity contribution in [1.82, 2.24) is 9.97 Å². The number of rotatable bonds is 6. The molecule has 4 nitrogen and oxygen atoms in total. The fourth-order valence-electron chi connectivity index (χ4n) is 3.07. The van der Waals surface area contributed by atoms with Crippen molar-refractivity contribution < 1.29 is 0 Å². The van der Waals surface area contributed by atoms with Crippen LogP contribution in [0, 0.1) is 13.8 Å². The van der Waals surface area contributed by atoms with Gasteiger partial charge < -0.3 is 9.80 Å². The Kier molecular flexibility index (Phi) is 6.68. The normalized spacial score (nSPS) is 11.4. The van der Waals surface area contributed by atoms with Gasteiger partial charge in [0.2, 0.25) is 0 Å². The van der Waals surface area contributed by atoms with Crippen molar-refractivity contribution in [3.63, 3.8) is 0 Å². The predicted molar refractivity (Wildman–Crippen MR) is 131 cm³/mol. The van der Waals surface area contributed by atoms with Crippen LogP contribution in [0.5, 0.6) is 0 Å². The largest absolute Gasteiger partial charge is 0.378 e. The lowest BCUT2D eigenvalue weighted by Gasteiger charge is -2.12. The van der Waals surface area contributed by atoms with Crippen LogP contribution in [0.4, 0.5) is 11.4 Å². The molecule has 0 radical (unpaired) electrons. The molecule has 0 saturated carbocycles. The zero-order chi connectivity index (χ0) is 21.7. The van der Waals surface area contributed by atoms with Crippen LogP contribution in [-0.4, -0.2) is 38.2 Å². The van der Waals surface area contributed by atoms with Crippen molar-refractivity contribution >= 4 is 35.7 Å².